The van der Waals surface area contributed by atoms with Crippen LogP contribution >= 0.6 is 11.6 Å². The van der Waals surface area contributed by atoms with Gasteiger partial charge in [-0.15, -0.1) is 0 Å². The first-order valence-corrected chi connectivity index (χ1v) is 11.5. The van der Waals surface area contributed by atoms with Crippen LogP contribution in [0.4, 0.5) is 5.82 Å². The Morgan fingerprint density at radius 3 is 2.82 bits per heavy atom. The summed E-state index contributed by atoms with van der Waals surface area (Å²) in [5.41, 5.74) is 11.8. The van der Waals surface area contributed by atoms with E-state index in [0.717, 1.165) is 46.0 Å². The zero-order valence-corrected chi connectivity index (χ0v) is 19.3. The van der Waals surface area contributed by atoms with Gasteiger partial charge in [-0.05, 0) is 37.9 Å². The monoisotopic (exact) mass is 462 g/mol. The van der Waals surface area contributed by atoms with Crippen LogP contribution in [0.3, 0.4) is 0 Å². The van der Waals surface area contributed by atoms with Crippen molar-refractivity contribution < 1.29 is 0 Å². The van der Waals surface area contributed by atoms with Crippen LogP contribution in [-0.2, 0) is 7.05 Å². The fraction of sp³-hybridized carbons (Fsp3) is 0.292. The first-order valence-electron chi connectivity index (χ1n) is 11.1. The minimum Gasteiger partial charge on any atom is -0.382 e. The lowest BCUT2D eigenvalue weighted by Crippen LogP contribution is -2.13. The number of nitrogens with two attached hydrogens (primary N) is 1. The maximum absolute atomic E-state index is 6.67. The van der Waals surface area contributed by atoms with Gasteiger partial charge < -0.3 is 16.4 Å². The van der Waals surface area contributed by atoms with Crippen molar-refractivity contribution in [1.29, 1.82) is 0 Å². The molecule has 0 amide bonds. The molecule has 0 unspecified atom stereocenters. The van der Waals surface area contributed by atoms with Crippen molar-refractivity contribution in [2.75, 3.05) is 18.4 Å². The maximum atomic E-state index is 6.67. The molecular weight excluding hydrogens is 436 g/mol. The van der Waals surface area contributed by atoms with Crippen molar-refractivity contribution in [3.63, 3.8) is 0 Å². The largest absolute Gasteiger partial charge is 0.382 e. The maximum Gasteiger partial charge on any atom is 0.180 e. The summed E-state index contributed by atoms with van der Waals surface area (Å²) in [6.07, 6.45) is 8.81. The zero-order valence-electron chi connectivity index (χ0n) is 18.6. The van der Waals surface area contributed by atoms with Crippen LogP contribution in [0, 0.1) is 0 Å². The van der Waals surface area contributed by atoms with E-state index in [0.29, 0.717) is 30.0 Å². The molecule has 5 rings (SSSR count). The molecule has 4 aromatic rings. The van der Waals surface area contributed by atoms with Crippen LogP contribution in [-0.4, -0.2) is 43.3 Å². The van der Waals surface area contributed by atoms with Crippen molar-refractivity contribution in [3.8, 4) is 22.6 Å². The number of halogens is 1. The van der Waals surface area contributed by atoms with Crippen LogP contribution in [0.1, 0.15) is 24.8 Å². The molecule has 4 N–H and O–H groups in total. The fourth-order valence-corrected chi connectivity index (χ4v) is 4.14. The number of aryl methyl sites for hydroxylation is 1. The van der Waals surface area contributed by atoms with Gasteiger partial charge in [0.15, 0.2) is 11.5 Å². The lowest BCUT2D eigenvalue weighted by molar-refractivity contribution is 0.772. The van der Waals surface area contributed by atoms with Crippen molar-refractivity contribution in [3.05, 3.63) is 60.0 Å². The van der Waals surface area contributed by atoms with Crippen LogP contribution in [0.25, 0.3) is 34.0 Å². The van der Waals surface area contributed by atoms with Gasteiger partial charge in [-0.3, -0.25) is 9.08 Å². The molecule has 0 spiro atoms. The van der Waals surface area contributed by atoms with Gasteiger partial charge in [0.05, 0.1) is 22.6 Å². The van der Waals surface area contributed by atoms with E-state index in [2.05, 4.69) is 33.4 Å². The molecule has 33 heavy (non-hydrogen) atoms. The molecule has 1 saturated carbocycles. The normalized spacial score (nSPS) is 13.4. The number of fused-ring (bicyclic) bond motifs is 1. The molecule has 0 aliphatic heterocycles. The number of nitrogens with zero attached hydrogens (tertiary/aromatic N) is 5. The highest BCUT2D eigenvalue weighted by Crippen LogP contribution is 2.32. The van der Waals surface area contributed by atoms with E-state index in [1.165, 1.54) is 12.8 Å². The summed E-state index contributed by atoms with van der Waals surface area (Å²) < 4.78 is 3.85. The number of nitrogens with one attached hydrogen (secondary N) is 2. The van der Waals surface area contributed by atoms with E-state index in [9.17, 15) is 0 Å². The Kier molecular flexibility index (Phi) is 5.78. The Bertz CT molecular complexity index is 1320. The standard InChI is InChI=1S/C24H27ClN8/c1-15(30-17-5-6-17)18-7-4-16(12-19(18)25)22-13-28-24-23(27-10-3-9-26)31-20(14-33(22)24)21-8-11-29-32(21)2/h4,7-8,11-14,17,30H,1,3,5-6,9-10,26H2,2H3,(H,27,31). The third kappa shape index (κ3) is 4.31. The molecule has 1 aliphatic carbocycles. The molecule has 1 aromatic carbocycles. The Labute approximate surface area is 197 Å². The van der Waals surface area contributed by atoms with E-state index in [1.54, 1.807) is 10.9 Å². The van der Waals surface area contributed by atoms with Crippen LogP contribution in [0.5, 0.6) is 0 Å². The SMILES string of the molecule is C=C(NC1CC1)c1ccc(-c2cnc3c(NCCCN)nc(-c4ccnn4C)cn23)cc1Cl. The number of benzene rings is 1. The molecule has 0 saturated heterocycles. The molecule has 3 heterocycles. The first kappa shape index (κ1) is 21.5. The molecular formula is C24H27ClN8. The van der Waals surface area contributed by atoms with Gasteiger partial charge in [-0.25, -0.2) is 9.97 Å². The Balaban J connectivity index is 1.57. The average molecular weight is 463 g/mol. The van der Waals surface area contributed by atoms with Crippen molar-refractivity contribution in [2.45, 2.75) is 25.3 Å². The predicted molar refractivity (Wildman–Crippen MR) is 133 cm³/mol. The average Bonchev–Trinajstić information content (AvgIpc) is 3.34. The van der Waals surface area contributed by atoms with Crippen molar-refractivity contribution >= 4 is 28.8 Å². The summed E-state index contributed by atoms with van der Waals surface area (Å²) in [5.74, 6) is 0.707. The highest BCUT2D eigenvalue weighted by molar-refractivity contribution is 6.32. The summed E-state index contributed by atoms with van der Waals surface area (Å²) in [6.45, 7) is 5.48. The van der Waals surface area contributed by atoms with Crippen molar-refractivity contribution in [2.24, 2.45) is 12.8 Å². The lowest BCUT2D eigenvalue weighted by atomic mass is 10.1. The van der Waals surface area contributed by atoms with Gasteiger partial charge in [0.2, 0.25) is 0 Å². The topological polar surface area (TPSA) is 98.1 Å². The Hall–Kier alpha value is -3.36. The first-order chi connectivity index (χ1) is 16.0. The summed E-state index contributed by atoms with van der Waals surface area (Å²) >= 11 is 6.67. The minimum atomic E-state index is 0.523. The molecule has 0 bridgehead atoms. The lowest BCUT2D eigenvalue weighted by Gasteiger charge is -2.13. The number of imidazole rings is 1. The van der Waals surface area contributed by atoms with Crippen LogP contribution < -0.4 is 16.4 Å². The Morgan fingerprint density at radius 1 is 1.27 bits per heavy atom. The van der Waals surface area contributed by atoms with Gasteiger partial charge in [0.25, 0.3) is 0 Å². The predicted octanol–water partition coefficient (Wildman–Crippen LogP) is 3.93. The number of hydrogen-bond acceptors (Lipinski definition) is 6. The summed E-state index contributed by atoms with van der Waals surface area (Å²) in [6, 6.07) is 8.49. The molecule has 0 radical (unpaired) electrons. The van der Waals surface area contributed by atoms with Crippen LogP contribution in [0.15, 0.2) is 49.4 Å². The van der Waals surface area contributed by atoms with Crippen molar-refractivity contribution in [1.82, 2.24) is 29.5 Å². The molecule has 170 valence electrons. The molecule has 9 heteroatoms. The minimum absolute atomic E-state index is 0.523. The second-order valence-corrected chi connectivity index (χ2v) is 8.72. The van der Waals surface area contributed by atoms with Gasteiger partial charge in [0, 0.05) is 48.9 Å². The van der Waals surface area contributed by atoms with E-state index in [1.807, 2.05) is 42.0 Å². The number of aromatic nitrogens is 5. The molecule has 1 aliphatic rings. The second-order valence-electron chi connectivity index (χ2n) is 8.31. The molecule has 3 aromatic heterocycles. The summed E-state index contributed by atoms with van der Waals surface area (Å²) in [7, 11) is 1.90. The molecule has 0 atom stereocenters. The van der Waals surface area contributed by atoms with Gasteiger partial charge in [0.1, 0.15) is 5.69 Å². The Morgan fingerprint density at radius 2 is 2.12 bits per heavy atom. The van der Waals surface area contributed by atoms with E-state index in [-0.39, 0.29) is 0 Å². The third-order valence-electron chi connectivity index (χ3n) is 5.79. The van der Waals surface area contributed by atoms with E-state index in [4.69, 9.17) is 22.3 Å². The highest BCUT2D eigenvalue weighted by Gasteiger charge is 2.22. The zero-order chi connectivity index (χ0) is 22.9. The molecule has 1 fully saturated rings. The number of rotatable bonds is 9. The fourth-order valence-electron chi connectivity index (χ4n) is 3.85. The van der Waals surface area contributed by atoms with Gasteiger partial charge in [-0.2, -0.15) is 5.10 Å². The van der Waals surface area contributed by atoms with E-state index < -0.39 is 0 Å². The van der Waals surface area contributed by atoms with Crippen LogP contribution in [0.2, 0.25) is 5.02 Å². The number of hydrogen-bond donors (Lipinski definition) is 3. The van der Waals surface area contributed by atoms with E-state index >= 15 is 0 Å². The highest BCUT2D eigenvalue weighted by atomic mass is 35.5. The summed E-state index contributed by atoms with van der Waals surface area (Å²) in [5, 5.41) is 11.8. The summed E-state index contributed by atoms with van der Waals surface area (Å²) in [4.78, 5) is 9.49. The number of anilines is 1. The third-order valence-corrected chi connectivity index (χ3v) is 6.11. The van der Waals surface area contributed by atoms with Gasteiger partial charge in [-0.1, -0.05) is 30.3 Å². The molecule has 8 nitrogen and oxygen atoms in total. The van der Waals surface area contributed by atoms with Gasteiger partial charge >= 0.3 is 0 Å². The quantitative estimate of drug-likeness (QED) is 0.326. The smallest absolute Gasteiger partial charge is 0.180 e. The second kappa shape index (κ2) is 8.88.